The zero-order valence-corrected chi connectivity index (χ0v) is 14.9. The van der Waals surface area contributed by atoms with Gasteiger partial charge in [0.15, 0.2) is 0 Å². The average molecular weight is 343 g/mol. The van der Waals surface area contributed by atoms with Crippen molar-refractivity contribution in [3.05, 3.63) is 35.7 Å². The minimum Gasteiger partial charge on any atom is -0.474 e. The second-order valence-electron chi connectivity index (χ2n) is 6.42. The summed E-state index contributed by atoms with van der Waals surface area (Å²) in [5.74, 6) is 0.623. The highest BCUT2D eigenvalue weighted by Gasteiger charge is 2.20. The second-order valence-corrected chi connectivity index (χ2v) is 6.42. The fourth-order valence-electron chi connectivity index (χ4n) is 2.82. The molecule has 0 radical (unpaired) electrons. The predicted octanol–water partition coefficient (Wildman–Crippen LogP) is 3.27. The van der Waals surface area contributed by atoms with Crippen molar-refractivity contribution in [1.29, 1.82) is 0 Å². The van der Waals surface area contributed by atoms with Gasteiger partial charge >= 0.3 is 6.09 Å². The molecule has 2 aliphatic heterocycles. The van der Waals surface area contributed by atoms with Crippen LogP contribution in [0.3, 0.4) is 0 Å². The van der Waals surface area contributed by atoms with E-state index in [4.69, 9.17) is 9.47 Å². The molecule has 1 aromatic rings. The normalized spacial score (nSPS) is 19.9. The van der Waals surface area contributed by atoms with Crippen molar-refractivity contribution in [1.82, 2.24) is 9.88 Å². The molecule has 3 rings (SSSR count). The molecule has 0 aliphatic carbocycles. The van der Waals surface area contributed by atoms with Crippen LogP contribution in [0.25, 0.3) is 5.57 Å². The second kappa shape index (κ2) is 8.14. The highest BCUT2D eigenvalue weighted by atomic mass is 16.6. The number of rotatable bonds is 5. The molecule has 6 nitrogen and oxygen atoms in total. The number of unbranched alkanes of at least 4 members (excludes halogenated alkanes) is 1. The quantitative estimate of drug-likeness (QED) is 0.770. The summed E-state index contributed by atoms with van der Waals surface area (Å²) in [5, 5.41) is 0. The number of carbonyl (C=O) groups is 1. The van der Waals surface area contributed by atoms with Crippen molar-refractivity contribution in [2.45, 2.75) is 39.2 Å². The molecule has 2 aliphatic rings. The van der Waals surface area contributed by atoms with Gasteiger partial charge in [-0.3, -0.25) is 4.98 Å². The smallest absolute Gasteiger partial charge is 0.410 e. The molecule has 1 amide bonds. The van der Waals surface area contributed by atoms with Crippen LogP contribution in [0.5, 0.6) is 0 Å². The summed E-state index contributed by atoms with van der Waals surface area (Å²) >= 11 is 0. The Balaban J connectivity index is 1.58. The molecule has 0 N–H and O–H groups in total. The van der Waals surface area contributed by atoms with Crippen molar-refractivity contribution in [2.24, 2.45) is 4.99 Å². The summed E-state index contributed by atoms with van der Waals surface area (Å²) in [4.78, 5) is 22.6. The third kappa shape index (κ3) is 4.38. The van der Waals surface area contributed by atoms with Gasteiger partial charge in [0.05, 0.1) is 12.6 Å². The first-order valence-corrected chi connectivity index (χ1v) is 8.95. The molecule has 1 atom stereocenters. The van der Waals surface area contributed by atoms with E-state index in [1.165, 1.54) is 5.57 Å². The Labute approximate surface area is 148 Å². The van der Waals surface area contributed by atoms with Gasteiger partial charge in [0.1, 0.15) is 12.3 Å². The lowest BCUT2D eigenvalue weighted by Crippen LogP contribution is -2.35. The molecule has 3 heterocycles. The standard InChI is InChI=1S/C19H25N3O3/c1-3-4-11-24-19(23)22-9-7-15(8-10-22)16-5-6-17(20-12-16)18-21-14(2)13-25-18/h5-7,12,14H,3-4,8-11,13H2,1-2H3/t14-/m0/s1. The van der Waals surface area contributed by atoms with Crippen molar-refractivity contribution in [3.63, 3.8) is 0 Å². The van der Waals surface area contributed by atoms with Crippen LogP contribution in [-0.4, -0.2) is 54.2 Å². The third-order valence-electron chi connectivity index (χ3n) is 4.34. The van der Waals surface area contributed by atoms with E-state index in [0.717, 1.165) is 30.5 Å². The summed E-state index contributed by atoms with van der Waals surface area (Å²) in [6, 6.07) is 4.18. The molecule has 0 bridgehead atoms. The first-order valence-electron chi connectivity index (χ1n) is 8.95. The van der Waals surface area contributed by atoms with Gasteiger partial charge in [-0.2, -0.15) is 0 Å². The van der Waals surface area contributed by atoms with E-state index in [1.54, 1.807) is 4.90 Å². The maximum Gasteiger partial charge on any atom is 0.410 e. The van der Waals surface area contributed by atoms with Gasteiger partial charge in [0.25, 0.3) is 0 Å². The van der Waals surface area contributed by atoms with E-state index in [0.29, 0.717) is 32.2 Å². The van der Waals surface area contributed by atoms with Gasteiger partial charge in [0.2, 0.25) is 5.90 Å². The Morgan fingerprint density at radius 2 is 2.32 bits per heavy atom. The lowest BCUT2D eigenvalue weighted by Gasteiger charge is -2.26. The maximum atomic E-state index is 12.0. The SMILES string of the molecule is CCCCOC(=O)N1CC=C(c2ccc(C3=N[C@@H](C)CO3)nc2)CC1. The highest BCUT2D eigenvalue weighted by molar-refractivity contribution is 5.93. The molecule has 0 saturated carbocycles. The number of hydrogen-bond donors (Lipinski definition) is 0. The van der Waals surface area contributed by atoms with E-state index in [9.17, 15) is 4.79 Å². The van der Waals surface area contributed by atoms with E-state index >= 15 is 0 Å². The van der Waals surface area contributed by atoms with E-state index in [-0.39, 0.29) is 12.1 Å². The minimum atomic E-state index is -0.220. The summed E-state index contributed by atoms with van der Waals surface area (Å²) < 4.78 is 10.8. The summed E-state index contributed by atoms with van der Waals surface area (Å²) in [6.45, 7) is 6.47. The van der Waals surface area contributed by atoms with Gasteiger partial charge in [-0.15, -0.1) is 0 Å². The Morgan fingerprint density at radius 1 is 1.44 bits per heavy atom. The molecule has 134 valence electrons. The highest BCUT2D eigenvalue weighted by Crippen LogP contribution is 2.23. The van der Waals surface area contributed by atoms with Crippen molar-refractivity contribution in [2.75, 3.05) is 26.3 Å². The van der Waals surface area contributed by atoms with Crippen LogP contribution in [0, 0.1) is 0 Å². The minimum absolute atomic E-state index is 0.195. The molecule has 6 heteroatoms. The summed E-state index contributed by atoms with van der Waals surface area (Å²) in [6.07, 6.45) is 6.45. The van der Waals surface area contributed by atoms with Gasteiger partial charge in [-0.1, -0.05) is 25.5 Å². The maximum absolute atomic E-state index is 12.0. The summed E-state index contributed by atoms with van der Waals surface area (Å²) in [5.41, 5.74) is 3.05. The molecule has 0 fully saturated rings. The Morgan fingerprint density at radius 3 is 2.92 bits per heavy atom. The van der Waals surface area contributed by atoms with Crippen molar-refractivity contribution < 1.29 is 14.3 Å². The average Bonchev–Trinajstić information content (AvgIpc) is 3.08. The zero-order valence-electron chi connectivity index (χ0n) is 14.9. The zero-order chi connectivity index (χ0) is 17.6. The number of carbonyl (C=O) groups excluding carboxylic acids is 1. The lowest BCUT2D eigenvalue weighted by molar-refractivity contribution is 0.105. The Kier molecular flexibility index (Phi) is 5.68. The number of pyridine rings is 1. The molecule has 0 unspecified atom stereocenters. The number of aromatic nitrogens is 1. The summed E-state index contributed by atoms with van der Waals surface area (Å²) in [7, 11) is 0. The van der Waals surface area contributed by atoms with Crippen LogP contribution >= 0.6 is 0 Å². The molecule has 1 aromatic heterocycles. The van der Waals surface area contributed by atoms with Crippen LogP contribution in [0.15, 0.2) is 29.4 Å². The van der Waals surface area contributed by atoms with Crippen LogP contribution in [0.1, 0.15) is 44.4 Å². The van der Waals surface area contributed by atoms with Gasteiger partial charge in [-0.05, 0) is 37.0 Å². The monoisotopic (exact) mass is 343 g/mol. The largest absolute Gasteiger partial charge is 0.474 e. The van der Waals surface area contributed by atoms with Gasteiger partial charge in [-0.25, -0.2) is 9.79 Å². The van der Waals surface area contributed by atoms with E-state index in [2.05, 4.69) is 23.0 Å². The van der Waals surface area contributed by atoms with Gasteiger partial charge in [0, 0.05) is 19.3 Å². The van der Waals surface area contributed by atoms with Crippen LogP contribution < -0.4 is 0 Å². The van der Waals surface area contributed by atoms with Crippen molar-refractivity contribution >= 4 is 17.6 Å². The predicted molar refractivity (Wildman–Crippen MR) is 96.6 cm³/mol. The molecule has 0 saturated heterocycles. The fourth-order valence-corrected chi connectivity index (χ4v) is 2.82. The fraction of sp³-hybridized carbons (Fsp3) is 0.526. The topological polar surface area (TPSA) is 64.0 Å². The number of hydrogen-bond acceptors (Lipinski definition) is 5. The van der Waals surface area contributed by atoms with Crippen molar-refractivity contribution in [3.8, 4) is 0 Å². The molecular formula is C19H25N3O3. The Hall–Kier alpha value is -2.37. The van der Waals surface area contributed by atoms with Crippen LogP contribution in [0.4, 0.5) is 4.79 Å². The first-order chi connectivity index (χ1) is 12.2. The van der Waals surface area contributed by atoms with Crippen LogP contribution in [0.2, 0.25) is 0 Å². The van der Waals surface area contributed by atoms with E-state index < -0.39 is 0 Å². The lowest BCUT2D eigenvalue weighted by atomic mass is 10.0. The number of aliphatic imine (C=N–C) groups is 1. The Bertz CT molecular complexity index is 667. The number of amides is 1. The molecular weight excluding hydrogens is 318 g/mol. The molecule has 0 aromatic carbocycles. The third-order valence-corrected chi connectivity index (χ3v) is 4.34. The first kappa shape index (κ1) is 17.5. The van der Waals surface area contributed by atoms with Gasteiger partial charge < -0.3 is 14.4 Å². The number of nitrogens with zero attached hydrogens (tertiary/aromatic N) is 3. The molecule has 0 spiro atoms. The van der Waals surface area contributed by atoms with E-state index in [1.807, 2.05) is 25.3 Å². The van der Waals surface area contributed by atoms with Crippen LogP contribution in [-0.2, 0) is 9.47 Å². The number of ether oxygens (including phenoxy) is 2. The molecule has 25 heavy (non-hydrogen) atoms.